The van der Waals surface area contributed by atoms with Gasteiger partial charge in [-0.15, -0.1) is 0 Å². The number of hydrogen-bond donors (Lipinski definition) is 0. The summed E-state index contributed by atoms with van der Waals surface area (Å²) in [6, 6.07) is 74.9. The van der Waals surface area contributed by atoms with E-state index in [1.54, 1.807) is 0 Å². The quantitative estimate of drug-likeness (QED) is 0.175. The van der Waals surface area contributed by atoms with Gasteiger partial charge in [0.05, 0.1) is 49.9 Å². The van der Waals surface area contributed by atoms with E-state index in [1.165, 1.54) is 0 Å². The second-order valence-corrected chi connectivity index (χ2v) is 15.4. The Kier molecular flexibility index (Phi) is 7.20. The molecule has 5 nitrogen and oxygen atoms in total. The zero-order valence-electron chi connectivity index (χ0n) is 32.3. The van der Waals surface area contributed by atoms with Gasteiger partial charge < -0.3 is 13.7 Å². The molecule has 1 atom stereocenters. The summed E-state index contributed by atoms with van der Waals surface area (Å²) in [5.41, 5.74) is 9.72. The molecule has 0 bridgehead atoms. The zero-order valence-corrected chi connectivity index (χ0v) is 32.3. The fourth-order valence-corrected chi connectivity index (χ4v) is 10.3. The fourth-order valence-electron chi connectivity index (χ4n) is 10.3. The largest absolute Gasteiger partial charge is 0.320 e. The Hall–Kier alpha value is -8.38. The van der Waals surface area contributed by atoms with Crippen LogP contribution in [0.2, 0.25) is 0 Å². The van der Waals surface area contributed by atoms with E-state index >= 15 is 0 Å². The third-order valence-corrected chi connectivity index (χ3v) is 12.5. The molecular weight excluding hydrogens is 731 g/mol. The fraction of sp³-hybridized carbons (Fsp3) is 0.0182. The maximum absolute atomic E-state index is 12.2. The molecule has 60 heavy (non-hydrogen) atoms. The highest BCUT2D eigenvalue weighted by molar-refractivity contribution is 6.26. The van der Waals surface area contributed by atoms with Crippen LogP contribution >= 0.6 is 0 Å². The number of para-hydroxylation sites is 5. The van der Waals surface area contributed by atoms with Gasteiger partial charge in [-0.05, 0) is 53.6 Å². The molecule has 0 aliphatic heterocycles. The maximum Gasteiger partial charge on any atom is 0.135 e. The van der Waals surface area contributed by atoms with E-state index in [4.69, 9.17) is 0 Å². The average molecular weight is 764 g/mol. The highest BCUT2D eigenvalue weighted by atomic mass is 15.1. The summed E-state index contributed by atoms with van der Waals surface area (Å²) in [5, 5.41) is 30.4. The van der Waals surface area contributed by atoms with Crippen molar-refractivity contribution in [1.29, 1.82) is 10.5 Å². The minimum absolute atomic E-state index is 0.456. The van der Waals surface area contributed by atoms with Crippen LogP contribution < -0.4 is 0 Å². The third kappa shape index (κ3) is 4.33. The molecule has 1 aliphatic rings. The smallest absolute Gasteiger partial charge is 0.135 e. The van der Waals surface area contributed by atoms with Crippen LogP contribution in [0.25, 0.3) is 82.4 Å². The van der Waals surface area contributed by atoms with Gasteiger partial charge in [-0.25, -0.2) is 0 Å². The highest BCUT2D eigenvalue weighted by Crippen LogP contribution is 2.59. The van der Waals surface area contributed by atoms with Crippen molar-refractivity contribution >= 4 is 76.7 Å². The number of nitriles is 2. The van der Waals surface area contributed by atoms with Crippen molar-refractivity contribution in [2.24, 2.45) is 0 Å². The summed E-state index contributed by atoms with van der Waals surface area (Å²) in [5.74, 6) is 0. The molecule has 0 saturated heterocycles. The summed E-state index contributed by atoms with van der Waals surface area (Å²) < 4.78 is 6.92. The minimum Gasteiger partial charge on any atom is -0.320 e. The third-order valence-electron chi connectivity index (χ3n) is 12.5. The molecule has 3 aromatic heterocycles. The van der Waals surface area contributed by atoms with Crippen molar-refractivity contribution in [1.82, 2.24) is 13.7 Å². The van der Waals surface area contributed by atoms with Gasteiger partial charge in [0.2, 0.25) is 0 Å². The number of hydrogen-bond acceptors (Lipinski definition) is 2. The van der Waals surface area contributed by atoms with Crippen LogP contribution in [-0.4, -0.2) is 13.7 Å². The molecule has 3 heterocycles. The van der Waals surface area contributed by atoms with Crippen LogP contribution in [0.5, 0.6) is 0 Å². The van der Waals surface area contributed by atoms with Gasteiger partial charge in [-0.2, -0.15) is 10.5 Å². The number of benzene rings is 8. The summed E-state index contributed by atoms with van der Waals surface area (Å²) in [6.07, 6.45) is 0. The van der Waals surface area contributed by atoms with E-state index in [1.807, 2.05) is 66.7 Å². The van der Waals surface area contributed by atoms with Crippen molar-refractivity contribution in [3.8, 4) is 17.8 Å². The van der Waals surface area contributed by atoms with Crippen molar-refractivity contribution in [2.45, 2.75) is 5.54 Å². The first-order chi connectivity index (χ1) is 29.8. The Morgan fingerprint density at radius 1 is 0.400 bits per heavy atom. The Bertz CT molecular complexity index is 3660. The van der Waals surface area contributed by atoms with E-state index in [0.717, 1.165) is 87.8 Å². The lowest BCUT2D eigenvalue weighted by Crippen LogP contribution is -2.37. The van der Waals surface area contributed by atoms with Crippen LogP contribution in [-0.2, 0) is 5.54 Å². The van der Waals surface area contributed by atoms with Gasteiger partial charge in [0, 0.05) is 43.6 Å². The second kappa shape index (κ2) is 12.8. The number of aromatic nitrogens is 3. The summed E-state index contributed by atoms with van der Waals surface area (Å²) in [6.45, 7) is 0. The highest BCUT2D eigenvalue weighted by Gasteiger charge is 2.53. The zero-order chi connectivity index (χ0) is 40.0. The van der Waals surface area contributed by atoms with Gasteiger partial charge in [0.1, 0.15) is 17.7 Å². The van der Waals surface area contributed by atoms with Crippen LogP contribution in [0.4, 0.5) is 0 Å². The molecule has 278 valence electrons. The normalized spacial score (nSPS) is 15.6. The predicted molar refractivity (Wildman–Crippen MR) is 245 cm³/mol. The van der Waals surface area contributed by atoms with Gasteiger partial charge >= 0.3 is 0 Å². The molecule has 0 spiro atoms. The molecule has 0 N–H and O–H groups in total. The van der Waals surface area contributed by atoms with E-state index in [-0.39, 0.29) is 0 Å². The number of fused-ring (bicyclic) bond motifs is 10. The minimum atomic E-state index is -1.32. The molecule has 5 heteroatoms. The van der Waals surface area contributed by atoms with Crippen LogP contribution in [0.15, 0.2) is 211 Å². The Labute approximate surface area is 345 Å². The van der Waals surface area contributed by atoms with E-state index in [9.17, 15) is 10.5 Å². The van der Waals surface area contributed by atoms with Crippen molar-refractivity contribution < 1.29 is 0 Å². The van der Waals surface area contributed by atoms with Crippen LogP contribution in [0, 0.1) is 22.7 Å². The Morgan fingerprint density at radius 2 is 0.900 bits per heavy atom. The molecular formula is C55H33N5. The molecule has 0 fully saturated rings. The molecule has 0 amide bonds. The van der Waals surface area contributed by atoms with E-state index in [2.05, 4.69) is 159 Å². The van der Waals surface area contributed by atoms with E-state index < -0.39 is 5.54 Å². The second-order valence-electron chi connectivity index (χ2n) is 15.4. The molecule has 0 saturated carbocycles. The molecule has 1 unspecified atom stereocenters. The number of nitrogens with zero attached hydrogens (tertiary/aromatic N) is 5. The molecule has 11 aromatic rings. The first kappa shape index (κ1) is 33.7. The predicted octanol–water partition coefficient (Wildman–Crippen LogP) is 13.2. The molecule has 12 rings (SSSR count). The van der Waals surface area contributed by atoms with Gasteiger partial charge in [-0.1, -0.05) is 158 Å². The monoisotopic (exact) mass is 763 g/mol. The van der Waals surface area contributed by atoms with Gasteiger partial charge in [0.15, 0.2) is 0 Å². The summed E-state index contributed by atoms with van der Waals surface area (Å²) >= 11 is 0. The molecule has 0 radical (unpaired) electrons. The molecule has 1 aliphatic carbocycles. The summed E-state index contributed by atoms with van der Waals surface area (Å²) in [4.78, 5) is 0. The maximum atomic E-state index is 12.2. The Balaban J connectivity index is 1.38. The lowest BCUT2D eigenvalue weighted by Gasteiger charge is -2.37. The van der Waals surface area contributed by atoms with Crippen molar-refractivity contribution in [2.75, 3.05) is 0 Å². The number of rotatable bonds is 5. The van der Waals surface area contributed by atoms with E-state index in [0.29, 0.717) is 16.8 Å². The standard InChI is InChI=1S/C55H33N5/c56-34-44-52(36-18-4-1-5-19-36)55(37-20-6-2-7-21-37,45(35-57)53(44)59-46-28-14-10-24-39(46)40-25-11-15-29-47(40)59)60-49-31-17-12-26-41(49)42-32-33-50-51(54(42)60)43-27-13-16-30-48(43)58(50)38-22-8-3-9-23-38/h1-33H. The molecule has 8 aromatic carbocycles. The van der Waals surface area contributed by atoms with Gasteiger partial charge in [0.25, 0.3) is 0 Å². The first-order valence-electron chi connectivity index (χ1n) is 20.2. The lowest BCUT2D eigenvalue weighted by atomic mass is 9.75. The summed E-state index contributed by atoms with van der Waals surface area (Å²) in [7, 11) is 0. The number of allylic oxidation sites excluding steroid dienone is 4. The first-order valence-corrected chi connectivity index (χ1v) is 20.2. The topological polar surface area (TPSA) is 62.4 Å². The van der Waals surface area contributed by atoms with Crippen molar-refractivity contribution in [3.05, 3.63) is 222 Å². The lowest BCUT2D eigenvalue weighted by molar-refractivity contribution is 0.600. The van der Waals surface area contributed by atoms with Crippen LogP contribution in [0.1, 0.15) is 11.1 Å². The SMILES string of the molecule is N#CC1=C(c2ccccc2)C(c2ccccc2)(n2c3ccccc3c3ccc4c(c5ccccc5n4-c4ccccc4)c32)C(C#N)=C1n1c2ccccc2c2ccccc21. The Morgan fingerprint density at radius 3 is 1.50 bits per heavy atom. The van der Waals surface area contributed by atoms with Gasteiger partial charge in [-0.3, -0.25) is 0 Å². The van der Waals surface area contributed by atoms with Crippen LogP contribution in [0.3, 0.4) is 0 Å². The average Bonchev–Trinajstić information content (AvgIpc) is 4.03. The van der Waals surface area contributed by atoms with Crippen molar-refractivity contribution in [3.63, 3.8) is 0 Å².